The molecule has 1 aliphatic rings. The van der Waals surface area contributed by atoms with Gasteiger partial charge >= 0.3 is 0 Å². The first kappa shape index (κ1) is 13.0. The van der Waals surface area contributed by atoms with Crippen LogP contribution in [0.5, 0.6) is 0 Å². The molecule has 0 heterocycles. The quantitative estimate of drug-likeness (QED) is 0.730. The smallest absolute Gasteiger partial charge is 0.0571 e. The van der Waals surface area contributed by atoms with Crippen LogP contribution < -0.4 is 0 Å². The van der Waals surface area contributed by atoms with Gasteiger partial charge in [-0.25, -0.2) is 0 Å². The Morgan fingerprint density at radius 2 is 1.87 bits per heavy atom. The second-order valence-corrected chi connectivity index (χ2v) is 5.52. The van der Waals surface area contributed by atoms with E-state index in [0.717, 1.165) is 18.3 Å². The van der Waals surface area contributed by atoms with E-state index in [0.29, 0.717) is 5.92 Å². The van der Waals surface area contributed by atoms with Gasteiger partial charge in [0.15, 0.2) is 0 Å². The molecule has 0 aromatic heterocycles. The molecule has 1 saturated carbocycles. The summed E-state index contributed by atoms with van der Waals surface area (Å²) in [5.74, 6) is 2.16. The SMILES string of the molecule is CCC(CC)CC(O)C1CCCC(C)C1. The summed E-state index contributed by atoms with van der Waals surface area (Å²) in [6.07, 6.45) is 8.64. The minimum atomic E-state index is -0.0300. The van der Waals surface area contributed by atoms with Gasteiger partial charge in [-0.05, 0) is 37.0 Å². The maximum Gasteiger partial charge on any atom is 0.0571 e. The molecule has 0 amide bonds. The van der Waals surface area contributed by atoms with E-state index in [1.54, 1.807) is 0 Å². The molecule has 1 heteroatoms. The van der Waals surface area contributed by atoms with Crippen LogP contribution in [0.25, 0.3) is 0 Å². The fraction of sp³-hybridized carbons (Fsp3) is 1.00. The van der Waals surface area contributed by atoms with Crippen LogP contribution in [-0.2, 0) is 0 Å². The van der Waals surface area contributed by atoms with Crippen molar-refractivity contribution in [1.82, 2.24) is 0 Å². The molecule has 3 unspecified atom stereocenters. The molecule has 1 N–H and O–H groups in total. The van der Waals surface area contributed by atoms with E-state index in [-0.39, 0.29) is 6.10 Å². The van der Waals surface area contributed by atoms with E-state index in [2.05, 4.69) is 20.8 Å². The predicted molar refractivity (Wildman–Crippen MR) is 65.8 cm³/mol. The highest BCUT2D eigenvalue weighted by molar-refractivity contribution is 4.77. The molecule has 0 aromatic carbocycles. The van der Waals surface area contributed by atoms with Crippen molar-refractivity contribution in [2.24, 2.45) is 17.8 Å². The summed E-state index contributed by atoms with van der Waals surface area (Å²) >= 11 is 0. The van der Waals surface area contributed by atoms with Crippen LogP contribution >= 0.6 is 0 Å². The first-order chi connectivity index (χ1) is 7.17. The van der Waals surface area contributed by atoms with Crippen molar-refractivity contribution < 1.29 is 5.11 Å². The zero-order valence-corrected chi connectivity index (χ0v) is 10.7. The molecule has 3 atom stereocenters. The lowest BCUT2D eigenvalue weighted by molar-refractivity contribution is 0.0501. The Hall–Kier alpha value is -0.0400. The predicted octanol–water partition coefficient (Wildman–Crippen LogP) is 4.00. The summed E-state index contributed by atoms with van der Waals surface area (Å²) in [4.78, 5) is 0. The van der Waals surface area contributed by atoms with Gasteiger partial charge in [-0.1, -0.05) is 46.5 Å². The van der Waals surface area contributed by atoms with Crippen LogP contribution in [0.1, 0.15) is 65.7 Å². The second-order valence-electron chi connectivity index (χ2n) is 5.52. The van der Waals surface area contributed by atoms with Crippen LogP contribution in [0.2, 0.25) is 0 Å². The number of hydrogen-bond acceptors (Lipinski definition) is 1. The fourth-order valence-corrected chi connectivity index (χ4v) is 2.99. The normalized spacial score (nSPS) is 29.4. The molecular formula is C14H28O. The van der Waals surface area contributed by atoms with Crippen LogP contribution in [0.15, 0.2) is 0 Å². The Morgan fingerprint density at radius 1 is 1.20 bits per heavy atom. The van der Waals surface area contributed by atoms with Gasteiger partial charge in [0, 0.05) is 0 Å². The first-order valence-corrected chi connectivity index (χ1v) is 6.85. The first-order valence-electron chi connectivity index (χ1n) is 6.85. The zero-order valence-electron chi connectivity index (χ0n) is 10.7. The molecule has 15 heavy (non-hydrogen) atoms. The Bertz CT molecular complexity index is 163. The Balaban J connectivity index is 2.34. The van der Waals surface area contributed by atoms with E-state index >= 15 is 0 Å². The van der Waals surface area contributed by atoms with Crippen molar-refractivity contribution in [3.63, 3.8) is 0 Å². The molecule has 0 radical (unpaired) electrons. The summed E-state index contributed by atoms with van der Waals surface area (Å²) in [5.41, 5.74) is 0. The number of aliphatic hydroxyl groups is 1. The molecule has 0 spiro atoms. The van der Waals surface area contributed by atoms with E-state index in [1.807, 2.05) is 0 Å². The van der Waals surface area contributed by atoms with Crippen molar-refractivity contribution in [2.45, 2.75) is 71.8 Å². The summed E-state index contributed by atoms with van der Waals surface area (Å²) in [7, 11) is 0. The standard InChI is InChI=1S/C14H28O/c1-4-12(5-2)10-14(15)13-8-6-7-11(3)9-13/h11-15H,4-10H2,1-3H3. The number of hydrogen-bond donors (Lipinski definition) is 1. The summed E-state index contributed by atoms with van der Waals surface area (Å²) < 4.78 is 0. The zero-order chi connectivity index (χ0) is 11.3. The fourth-order valence-electron chi connectivity index (χ4n) is 2.99. The maximum atomic E-state index is 10.2. The topological polar surface area (TPSA) is 20.2 Å². The molecule has 0 saturated heterocycles. The van der Waals surface area contributed by atoms with Crippen LogP contribution in [0.4, 0.5) is 0 Å². The lowest BCUT2D eigenvalue weighted by atomic mass is 9.77. The average molecular weight is 212 g/mol. The van der Waals surface area contributed by atoms with Crippen molar-refractivity contribution in [2.75, 3.05) is 0 Å². The Kier molecular flexibility index (Phi) is 5.66. The molecule has 1 rings (SSSR count). The second kappa shape index (κ2) is 6.52. The van der Waals surface area contributed by atoms with E-state index < -0.39 is 0 Å². The third kappa shape index (κ3) is 4.14. The van der Waals surface area contributed by atoms with E-state index in [4.69, 9.17) is 0 Å². The minimum Gasteiger partial charge on any atom is -0.393 e. The van der Waals surface area contributed by atoms with Gasteiger partial charge in [-0.15, -0.1) is 0 Å². The van der Waals surface area contributed by atoms with Gasteiger partial charge in [0.05, 0.1) is 6.10 Å². The molecule has 0 aromatic rings. The van der Waals surface area contributed by atoms with Crippen molar-refractivity contribution >= 4 is 0 Å². The van der Waals surface area contributed by atoms with E-state index in [9.17, 15) is 5.11 Å². The van der Waals surface area contributed by atoms with Crippen LogP contribution in [0.3, 0.4) is 0 Å². The van der Waals surface area contributed by atoms with Crippen LogP contribution in [-0.4, -0.2) is 11.2 Å². The average Bonchev–Trinajstić information content (AvgIpc) is 2.25. The highest BCUT2D eigenvalue weighted by atomic mass is 16.3. The van der Waals surface area contributed by atoms with Gasteiger partial charge in [0.2, 0.25) is 0 Å². The summed E-state index contributed by atoms with van der Waals surface area (Å²) in [6, 6.07) is 0. The highest BCUT2D eigenvalue weighted by Crippen LogP contribution is 2.33. The highest BCUT2D eigenvalue weighted by Gasteiger charge is 2.26. The molecule has 90 valence electrons. The maximum absolute atomic E-state index is 10.2. The minimum absolute atomic E-state index is 0.0300. The molecule has 1 fully saturated rings. The van der Waals surface area contributed by atoms with Gasteiger partial charge in [-0.2, -0.15) is 0 Å². The lowest BCUT2D eigenvalue weighted by Crippen LogP contribution is -2.27. The van der Waals surface area contributed by atoms with Crippen LogP contribution in [0, 0.1) is 17.8 Å². The third-order valence-corrected chi connectivity index (χ3v) is 4.25. The molecule has 1 nitrogen and oxygen atoms in total. The summed E-state index contributed by atoms with van der Waals surface area (Å²) in [6.45, 7) is 6.81. The molecule has 1 aliphatic carbocycles. The van der Waals surface area contributed by atoms with Gasteiger partial charge in [0.25, 0.3) is 0 Å². The summed E-state index contributed by atoms with van der Waals surface area (Å²) in [5, 5.41) is 10.2. The van der Waals surface area contributed by atoms with Crippen molar-refractivity contribution in [1.29, 1.82) is 0 Å². The lowest BCUT2D eigenvalue weighted by Gasteiger charge is -2.32. The van der Waals surface area contributed by atoms with Gasteiger partial charge in [-0.3, -0.25) is 0 Å². The Morgan fingerprint density at radius 3 is 2.40 bits per heavy atom. The third-order valence-electron chi connectivity index (χ3n) is 4.25. The van der Waals surface area contributed by atoms with Gasteiger partial charge in [0.1, 0.15) is 0 Å². The molecule has 0 bridgehead atoms. The molecule has 0 aliphatic heterocycles. The Labute approximate surface area is 95.3 Å². The molecular weight excluding hydrogens is 184 g/mol. The number of rotatable bonds is 5. The monoisotopic (exact) mass is 212 g/mol. The van der Waals surface area contributed by atoms with E-state index in [1.165, 1.54) is 38.5 Å². The number of aliphatic hydroxyl groups excluding tert-OH is 1. The van der Waals surface area contributed by atoms with Gasteiger partial charge < -0.3 is 5.11 Å². The largest absolute Gasteiger partial charge is 0.393 e. The van der Waals surface area contributed by atoms with Crippen molar-refractivity contribution in [3.05, 3.63) is 0 Å². The van der Waals surface area contributed by atoms with Crippen molar-refractivity contribution in [3.8, 4) is 0 Å².